The number of aromatic amines is 1. The predicted octanol–water partition coefficient (Wildman–Crippen LogP) is 1.36. The van der Waals surface area contributed by atoms with E-state index in [9.17, 15) is 0 Å². The van der Waals surface area contributed by atoms with Crippen molar-refractivity contribution in [3.63, 3.8) is 0 Å². The minimum Gasteiger partial charge on any atom is -0.378 e. The lowest BCUT2D eigenvalue weighted by atomic mass is 10.4. The van der Waals surface area contributed by atoms with Gasteiger partial charge in [0.25, 0.3) is 0 Å². The molecular formula is C11H12ClN5O. The lowest BCUT2D eigenvalue weighted by Crippen LogP contribution is -2.37. The highest BCUT2D eigenvalue weighted by Crippen LogP contribution is 2.18. The first-order valence-corrected chi connectivity index (χ1v) is 6.09. The van der Waals surface area contributed by atoms with E-state index in [0.717, 1.165) is 18.8 Å². The van der Waals surface area contributed by atoms with Crippen LogP contribution in [0.3, 0.4) is 0 Å². The van der Waals surface area contributed by atoms with Gasteiger partial charge in [-0.15, -0.1) is 0 Å². The molecule has 3 rings (SSSR count). The van der Waals surface area contributed by atoms with Crippen molar-refractivity contribution in [1.82, 2.24) is 19.9 Å². The van der Waals surface area contributed by atoms with Gasteiger partial charge in [-0.3, -0.25) is 0 Å². The number of hydrogen-bond acceptors (Lipinski definition) is 5. The Labute approximate surface area is 109 Å². The van der Waals surface area contributed by atoms with Gasteiger partial charge < -0.3 is 14.6 Å². The second-order valence-electron chi connectivity index (χ2n) is 3.91. The molecule has 1 aliphatic heterocycles. The van der Waals surface area contributed by atoms with Gasteiger partial charge in [0.05, 0.1) is 18.9 Å². The van der Waals surface area contributed by atoms with E-state index in [2.05, 4.69) is 19.9 Å². The summed E-state index contributed by atoms with van der Waals surface area (Å²) in [6, 6.07) is 3.79. The van der Waals surface area contributed by atoms with Gasteiger partial charge in [-0.25, -0.2) is 0 Å². The van der Waals surface area contributed by atoms with Crippen molar-refractivity contribution in [2.45, 2.75) is 0 Å². The average molecular weight is 266 g/mol. The van der Waals surface area contributed by atoms with Gasteiger partial charge in [0.2, 0.25) is 11.2 Å². The van der Waals surface area contributed by atoms with Gasteiger partial charge in [0.1, 0.15) is 0 Å². The number of hydrogen-bond donors (Lipinski definition) is 1. The second kappa shape index (κ2) is 4.91. The molecule has 2 aromatic heterocycles. The molecule has 1 aliphatic rings. The van der Waals surface area contributed by atoms with E-state index in [4.69, 9.17) is 16.3 Å². The number of rotatable bonds is 2. The summed E-state index contributed by atoms with van der Waals surface area (Å²) in [6.07, 6.45) is 1.82. The highest BCUT2D eigenvalue weighted by molar-refractivity contribution is 6.28. The first-order chi connectivity index (χ1) is 8.83. The largest absolute Gasteiger partial charge is 0.378 e. The fraction of sp³-hybridized carbons (Fsp3) is 0.364. The number of halogens is 1. The lowest BCUT2D eigenvalue weighted by Gasteiger charge is -2.26. The van der Waals surface area contributed by atoms with Crippen LogP contribution in [0.5, 0.6) is 0 Å². The van der Waals surface area contributed by atoms with Crippen molar-refractivity contribution in [2.24, 2.45) is 0 Å². The molecule has 1 fully saturated rings. The molecule has 0 aliphatic carbocycles. The zero-order valence-corrected chi connectivity index (χ0v) is 10.4. The maximum atomic E-state index is 5.95. The van der Waals surface area contributed by atoms with Crippen LogP contribution >= 0.6 is 11.6 Å². The Kier molecular flexibility index (Phi) is 3.12. The minimum absolute atomic E-state index is 0.205. The van der Waals surface area contributed by atoms with Gasteiger partial charge in [0.15, 0.2) is 5.82 Å². The molecule has 6 nitrogen and oxygen atoms in total. The molecule has 7 heteroatoms. The smallest absolute Gasteiger partial charge is 0.230 e. The SMILES string of the molecule is Clc1nc(-c2ccc[nH]2)nc(N2CCOCC2)n1. The maximum absolute atomic E-state index is 5.95. The van der Waals surface area contributed by atoms with Crippen LogP contribution in [0.25, 0.3) is 11.5 Å². The van der Waals surface area contributed by atoms with Crippen molar-refractivity contribution < 1.29 is 4.74 Å². The van der Waals surface area contributed by atoms with Crippen molar-refractivity contribution in [3.05, 3.63) is 23.6 Å². The summed E-state index contributed by atoms with van der Waals surface area (Å²) in [5, 5.41) is 0.205. The Hall–Kier alpha value is -1.66. The summed E-state index contributed by atoms with van der Waals surface area (Å²) in [7, 11) is 0. The van der Waals surface area contributed by atoms with Crippen LogP contribution in [0.1, 0.15) is 0 Å². The van der Waals surface area contributed by atoms with E-state index in [1.807, 2.05) is 23.2 Å². The molecule has 0 spiro atoms. The molecule has 2 aromatic rings. The Morgan fingerprint density at radius 3 is 2.78 bits per heavy atom. The molecule has 0 atom stereocenters. The quantitative estimate of drug-likeness (QED) is 0.888. The highest BCUT2D eigenvalue weighted by Gasteiger charge is 2.16. The summed E-state index contributed by atoms with van der Waals surface area (Å²) >= 11 is 5.95. The average Bonchev–Trinajstić information content (AvgIpc) is 2.93. The first-order valence-electron chi connectivity index (χ1n) is 5.71. The Morgan fingerprint density at radius 2 is 2.06 bits per heavy atom. The summed E-state index contributed by atoms with van der Waals surface area (Å²) in [4.78, 5) is 17.8. The van der Waals surface area contributed by atoms with Gasteiger partial charge in [-0.05, 0) is 23.7 Å². The van der Waals surface area contributed by atoms with Crippen LogP contribution in [0.4, 0.5) is 5.95 Å². The molecule has 0 aromatic carbocycles. The molecule has 94 valence electrons. The zero-order valence-electron chi connectivity index (χ0n) is 9.64. The molecule has 0 saturated carbocycles. The van der Waals surface area contributed by atoms with E-state index >= 15 is 0 Å². The molecule has 0 amide bonds. The summed E-state index contributed by atoms with van der Waals surface area (Å²) < 4.78 is 5.30. The van der Waals surface area contributed by atoms with Crippen molar-refractivity contribution >= 4 is 17.5 Å². The zero-order chi connectivity index (χ0) is 12.4. The van der Waals surface area contributed by atoms with Gasteiger partial charge >= 0.3 is 0 Å². The number of morpholine rings is 1. The van der Waals surface area contributed by atoms with Gasteiger partial charge in [-0.2, -0.15) is 15.0 Å². The third-order valence-electron chi connectivity index (χ3n) is 2.73. The minimum atomic E-state index is 0.205. The van der Waals surface area contributed by atoms with Crippen LogP contribution in [-0.2, 0) is 4.74 Å². The molecular weight excluding hydrogens is 254 g/mol. The van der Waals surface area contributed by atoms with Crippen molar-refractivity contribution in [2.75, 3.05) is 31.2 Å². The first kappa shape index (κ1) is 11.4. The number of anilines is 1. The molecule has 0 radical (unpaired) electrons. The van der Waals surface area contributed by atoms with Gasteiger partial charge in [-0.1, -0.05) is 0 Å². The standard InChI is InChI=1S/C11H12ClN5O/c12-10-14-9(8-2-1-3-13-8)15-11(16-10)17-4-6-18-7-5-17/h1-3,13H,4-7H2. The fourth-order valence-electron chi connectivity index (χ4n) is 1.83. The highest BCUT2D eigenvalue weighted by atomic mass is 35.5. The Morgan fingerprint density at radius 1 is 1.22 bits per heavy atom. The predicted molar refractivity (Wildman–Crippen MR) is 67.7 cm³/mol. The Bertz CT molecular complexity index is 524. The molecule has 0 bridgehead atoms. The Balaban J connectivity index is 1.95. The second-order valence-corrected chi connectivity index (χ2v) is 4.25. The molecule has 18 heavy (non-hydrogen) atoms. The van der Waals surface area contributed by atoms with Crippen LogP contribution in [-0.4, -0.2) is 46.2 Å². The third kappa shape index (κ3) is 2.30. The monoisotopic (exact) mass is 265 g/mol. The van der Waals surface area contributed by atoms with E-state index in [1.165, 1.54) is 0 Å². The molecule has 1 N–H and O–H groups in total. The van der Waals surface area contributed by atoms with Crippen LogP contribution < -0.4 is 4.90 Å². The lowest BCUT2D eigenvalue weighted by molar-refractivity contribution is 0.122. The van der Waals surface area contributed by atoms with E-state index in [0.29, 0.717) is 25.0 Å². The fourth-order valence-corrected chi connectivity index (χ4v) is 1.99. The molecule has 0 unspecified atom stereocenters. The van der Waals surface area contributed by atoms with Crippen LogP contribution in [0.2, 0.25) is 5.28 Å². The number of H-pyrrole nitrogens is 1. The maximum Gasteiger partial charge on any atom is 0.230 e. The summed E-state index contributed by atoms with van der Waals surface area (Å²) in [5.74, 6) is 1.16. The van der Waals surface area contributed by atoms with Crippen molar-refractivity contribution in [3.8, 4) is 11.5 Å². The van der Waals surface area contributed by atoms with Crippen LogP contribution in [0.15, 0.2) is 18.3 Å². The number of nitrogens with one attached hydrogen (secondary N) is 1. The van der Waals surface area contributed by atoms with Gasteiger partial charge in [0, 0.05) is 19.3 Å². The third-order valence-corrected chi connectivity index (χ3v) is 2.90. The summed E-state index contributed by atoms with van der Waals surface area (Å²) in [5.41, 5.74) is 0.828. The number of nitrogens with zero attached hydrogens (tertiary/aromatic N) is 4. The van der Waals surface area contributed by atoms with E-state index in [-0.39, 0.29) is 5.28 Å². The van der Waals surface area contributed by atoms with E-state index < -0.39 is 0 Å². The normalized spacial score (nSPS) is 15.9. The summed E-state index contributed by atoms with van der Waals surface area (Å²) in [6.45, 7) is 2.90. The molecule has 1 saturated heterocycles. The molecule has 3 heterocycles. The topological polar surface area (TPSA) is 66.9 Å². The van der Waals surface area contributed by atoms with E-state index in [1.54, 1.807) is 0 Å². The van der Waals surface area contributed by atoms with Crippen molar-refractivity contribution in [1.29, 1.82) is 0 Å². The number of aromatic nitrogens is 4. The van der Waals surface area contributed by atoms with Crippen LogP contribution in [0, 0.1) is 0 Å². The number of ether oxygens (including phenoxy) is 1.